The number of fused-ring (bicyclic) bond motifs is 1. The summed E-state index contributed by atoms with van der Waals surface area (Å²) in [5.74, 6) is 0.575. The van der Waals surface area contributed by atoms with Crippen LogP contribution in [0.25, 0.3) is 11.6 Å². The van der Waals surface area contributed by atoms with E-state index in [4.69, 9.17) is 13.8 Å². The highest BCUT2D eigenvalue weighted by Crippen LogP contribution is 2.37. The number of carbonyl (C=O) groups excluding carboxylic acids is 1. The number of hydrogen-bond donors (Lipinski definition) is 2. The minimum absolute atomic E-state index is 0.134. The van der Waals surface area contributed by atoms with E-state index >= 15 is 0 Å². The minimum Gasteiger partial charge on any atom is -0.497 e. The van der Waals surface area contributed by atoms with E-state index in [0.29, 0.717) is 11.3 Å². The first-order chi connectivity index (χ1) is 12.2. The standard InChI is InChI=1S/C16H17N2O4P.C2H6/c1-20-11-5-6-14-12(9-11)13(16(19)18-14)8-10-4-7-15(17-10)23(21-2)22-3;1-2/h4-9,17H,1-3H3,(H,18,19);1-2H3/b13-8-;. The first-order valence-corrected chi connectivity index (χ1v) is 9.13. The number of ether oxygens (including phenoxy) is 1. The molecule has 1 aliphatic rings. The SMILES string of the molecule is CC.COc1ccc2c(c1)/C(=C/c1ccc(P(OC)OC)[nH]1)C(=O)N2. The maximum absolute atomic E-state index is 12.2. The molecule has 2 heterocycles. The van der Waals surface area contributed by atoms with Crippen LogP contribution in [0.15, 0.2) is 30.3 Å². The van der Waals surface area contributed by atoms with Crippen molar-refractivity contribution in [1.82, 2.24) is 4.98 Å². The molecule has 25 heavy (non-hydrogen) atoms. The molecule has 0 atom stereocenters. The Balaban J connectivity index is 0.00000109. The molecule has 0 unspecified atom stereocenters. The van der Waals surface area contributed by atoms with E-state index in [1.807, 2.05) is 50.3 Å². The topological polar surface area (TPSA) is 72.6 Å². The summed E-state index contributed by atoms with van der Waals surface area (Å²) in [6.45, 7) is 4.00. The zero-order chi connectivity index (χ0) is 18.4. The Hall–Kier alpha value is -2.14. The van der Waals surface area contributed by atoms with Gasteiger partial charge < -0.3 is 24.1 Å². The second kappa shape index (κ2) is 8.81. The van der Waals surface area contributed by atoms with Crippen LogP contribution in [0.1, 0.15) is 25.1 Å². The zero-order valence-corrected chi connectivity index (χ0v) is 15.9. The zero-order valence-electron chi connectivity index (χ0n) is 15.0. The highest BCUT2D eigenvalue weighted by Gasteiger charge is 2.25. The van der Waals surface area contributed by atoms with Gasteiger partial charge in [0.1, 0.15) is 5.75 Å². The number of aromatic amines is 1. The van der Waals surface area contributed by atoms with Gasteiger partial charge in [-0.2, -0.15) is 0 Å². The number of anilines is 1. The molecule has 0 radical (unpaired) electrons. The number of amides is 1. The molecule has 2 N–H and O–H groups in total. The summed E-state index contributed by atoms with van der Waals surface area (Å²) < 4.78 is 15.8. The summed E-state index contributed by atoms with van der Waals surface area (Å²) in [7, 11) is 3.67. The summed E-state index contributed by atoms with van der Waals surface area (Å²) in [6.07, 6.45) is 1.81. The maximum Gasteiger partial charge on any atom is 0.256 e. The van der Waals surface area contributed by atoms with Gasteiger partial charge in [0.05, 0.1) is 18.1 Å². The van der Waals surface area contributed by atoms with Crippen LogP contribution in [-0.2, 0) is 13.8 Å². The fourth-order valence-corrected chi connectivity index (χ4v) is 3.41. The van der Waals surface area contributed by atoms with E-state index in [-0.39, 0.29) is 5.91 Å². The van der Waals surface area contributed by atoms with Gasteiger partial charge in [0, 0.05) is 31.2 Å². The number of rotatable bonds is 5. The van der Waals surface area contributed by atoms with Gasteiger partial charge >= 0.3 is 0 Å². The van der Waals surface area contributed by atoms with Gasteiger partial charge in [0.15, 0.2) is 0 Å². The normalized spacial score (nSPS) is 14.2. The van der Waals surface area contributed by atoms with Crippen LogP contribution < -0.4 is 15.5 Å². The molecule has 1 aliphatic heterocycles. The summed E-state index contributed by atoms with van der Waals surface area (Å²) in [5, 5.41) is 2.85. The Bertz CT molecular complexity index is 766. The molecule has 0 aliphatic carbocycles. The van der Waals surface area contributed by atoms with E-state index in [2.05, 4.69) is 10.3 Å². The Morgan fingerprint density at radius 3 is 2.40 bits per heavy atom. The molecule has 0 fully saturated rings. The monoisotopic (exact) mass is 362 g/mol. The smallest absolute Gasteiger partial charge is 0.256 e. The summed E-state index contributed by atoms with van der Waals surface area (Å²) in [4.78, 5) is 15.4. The van der Waals surface area contributed by atoms with E-state index < -0.39 is 8.38 Å². The molecule has 1 aromatic heterocycles. The number of nitrogens with one attached hydrogen (secondary N) is 2. The van der Waals surface area contributed by atoms with E-state index in [9.17, 15) is 4.79 Å². The average molecular weight is 362 g/mol. The largest absolute Gasteiger partial charge is 0.497 e. The van der Waals surface area contributed by atoms with Crippen LogP contribution in [0.2, 0.25) is 0 Å². The van der Waals surface area contributed by atoms with Crippen LogP contribution >= 0.6 is 8.38 Å². The van der Waals surface area contributed by atoms with Gasteiger partial charge in [-0.25, -0.2) is 0 Å². The van der Waals surface area contributed by atoms with Crippen LogP contribution in [0, 0.1) is 0 Å². The van der Waals surface area contributed by atoms with Crippen LogP contribution in [-0.4, -0.2) is 32.2 Å². The third kappa shape index (κ3) is 4.10. The molecule has 0 saturated heterocycles. The fourth-order valence-electron chi connectivity index (χ4n) is 2.45. The van der Waals surface area contributed by atoms with Crippen molar-refractivity contribution in [1.29, 1.82) is 0 Å². The quantitative estimate of drug-likeness (QED) is 0.627. The molecule has 0 spiro atoms. The van der Waals surface area contributed by atoms with Crippen molar-refractivity contribution in [2.45, 2.75) is 13.8 Å². The van der Waals surface area contributed by atoms with E-state index in [1.54, 1.807) is 21.3 Å². The first kappa shape index (κ1) is 19.2. The van der Waals surface area contributed by atoms with Gasteiger partial charge in [-0.15, -0.1) is 0 Å². The molecule has 3 rings (SSSR count). The van der Waals surface area contributed by atoms with Crippen molar-refractivity contribution in [3.63, 3.8) is 0 Å². The maximum atomic E-state index is 12.2. The second-order valence-electron chi connectivity index (χ2n) is 4.84. The number of methoxy groups -OCH3 is 1. The van der Waals surface area contributed by atoms with Crippen molar-refractivity contribution in [3.8, 4) is 5.75 Å². The molecule has 134 valence electrons. The van der Waals surface area contributed by atoms with Gasteiger partial charge in [-0.3, -0.25) is 4.79 Å². The summed E-state index contributed by atoms with van der Waals surface area (Å²) >= 11 is 0. The van der Waals surface area contributed by atoms with Crippen molar-refractivity contribution in [2.75, 3.05) is 26.6 Å². The molecular weight excluding hydrogens is 339 g/mol. The predicted octanol–water partition coefficient (Wildman–Crippen LogP) is 3.77. The summed E-state index contributed by atoms with van der Waals surface area (Å²) in [6, 6.07) is 9.28. The molecule has 1 amide bonds. The summed E-state index contributed by atoms with van der Waals surface area (Å²) in [5.41, 5.74) is 3.85. The average Bonchev–Trinajstić information content (AvgIpc) is 3.23. The molecule has 7 heteroatoms. The van der Waals surface area contributed by atoms with Crippen LogP contribution in [0.4, 0.5) is 5.69 Å². The molecule has 6 nitrogen and oxygen atoms in total. The molecule has 0 saturated carbocycles. The van der Waals surface area contributed by atoms with Crippen LogP contribution in [0.5, 0.6) is 5.75 Å². The number of aromatic nitrogens is 1. The van der Waals surface area contributed by atoms with Gasteiger partial charge in [0.25, 0.3) is 5.91 Å². The van der Waals surface area contributed by atoms with Crippen molar-refractivity contribution < 1.29 is 18.6 Å². The van der Waals surface area contributed by atoms with Crippen LogP contribution in [0.3, 0.4) is 0 Å². The number of H-pyrrole nitrogens is 1. The van der Waals surface area contributed by atoms with Crippen molar-refractivity contribution in [3.05, 3.63) is 41.6 Å². The number of carbonyl (C=O) groups is 1. The number of benzene rings is 1. The van der Waals surface area contributed by atoms with Crippen molar-refractivity contribution >= 4 is 37.1 Å². The second-order valence-corrected chi connectivity index (χ2v) is 6.57. The molecular formula is C18H23N2O4P. The first-order valence-electron chi connectivity index (χ1n) is 7.95. The lowest BCUT2D eigenvalue weighted by Gasteiger charge is -2.09. The predicted molar refractivity (Wildman–Crippen MR) is 102 cm³/mol. The number of hydrogen-bond acceptors (Lipinski definition) is 4. The minimum atomic E-state index is -1.13. The lowest BCUT2D eigenvalue weighted by Crippen LogP contribution is -2.05. The lowest BCUT2D eigenvalue weighted by molar-refractivity contribution is -0.110. The van der Waals surface area contributed by atoms with E-state index in [0.717, 1.165) is 22.4 Å². The highest BCUT2D eigenvalue weighted by molar-refractivity contribution is 7.55. The Kier molecular flexibility index (Phi) is 6.76. The Morgan fingerprint density at radius 1 is 1.04 bits per heavy atom. The van der Waals surface area contributed by atoms with Gasteiger partial charge in [-0.1, -0.05) is 13.8 Å². The highest BCUT2D eigenvalue weighted by atomic mass is 31.2. The Morgan fingerprint density at radius 2 is 1.76 bits per heavy atom. The third-order valence-corrected chi connectivity index (χ3v) is 4.85. The molecule has 1 aromatic carbocycles. The fraction of sp³-hybridized carbons (Fsp3) is 0.278. The Labute approximate surface area is 149 Å². The molecule has 0 bridgehead atoms. The van der Waals surface area contributed by atoms with Crippen molar-refractivity contribution in [2.24, 2.45) is 0 Å². The van der Waals surface area contributed by atoms with E-state index in [1.165, 1.54) is 0 Å². The third-order valence-electron chi connectivity index (χ3n) is 3.53. The van der Waals surface area contributed by atoms with Gasteiger partial charge in [0.2, 0.25) is 8.38 Å². The molecule has 2 aromatic rings. The lowest BCUT2D eigenvalue weighted by atomic mass is 10.1. The van der Waals surface area contributed by atoms with Gasteiger partial charge in [-0.05, 0) is 36.4 Å².